The summed E-state index contributed by atoms with van der Waals surface area (Å²) in [5.41, 5.74) is 6.82. The van der Waals surface area contributed by atoms with Crippen LogP contribution in [-0.4, -0.2) is 50.8 Å². The summed E-state index contributed by atoms with van der Waals surface area (Å²) in [5, 5.41) is 3.12. The highest BCUT2D eigenvalue weighted by Gasteiger charge is 2.24. The van der Waals surface area contributed by atoms with E-state index in [2.05, 4.69) is 29.1 Å². The van der Waals surface area contributed by atoms with Crippen LogP contribution in [0, 0.1) is 5.92 Å². The third-order valence-corrected chi connectivity index (χ3v) is 4.24. The number of aliphatic imine (C=N–C) groups is 1. The topological polar surface area (TPSA) is 72.1 Å². The lowest BCUT2D eigenvalue weighted by molar-refractivity contribution is 0.231. The molecule has 0 unspecified atom stereocenters. The fraction of sp³-hybridized carbons (Fsp3) is 0.611. The highest BCUT2D eigenvalue weighted by Crippen LogP contribution is 2.28. The van der Waals surface area contributed by atoms with E-state index < -0.39 is 0 Å². The Hall–Kier alpha value is -1.22. The number of nitrogens with one attached hydrogen (secondary N) is 1. The highest BCUT2D eigenvalue weighted by atomic mass is 127. The zero-order chi connectivity index (χ0) is 17.5. The summed E-state index contributed by atoms with van der Waals surface area (Å²) < 4.78 is 10.6. The van der Waals surface area contributed by atoms with Crippen molar-refractivity contribution in [3.63, 3.8) is 0 Å². The van der Waals surface area contributed by atoms with Crippen LogP contribution < -0.4 is 20.5 Å². The van der Waals surface area contributed by atoms with Gasteiger partial charge in [-0.1, -0.05) is 13.8 Å². The number of hydrogen-bond acceptors (Lipinski definition) is 4. The summed E-state index contributed by atoms with van der Waals surface area (Å²) in [5.74, 6) is 2.52. The number of nitrogens with zero attached hydrogens (tertiary/aromatic N) is 2. The molecule has 1 aromatic carbocycles. The van der Waals surface area contributed by atoms with Gasteiger partial charge >= 0.3 is 0 Å². The molecule has 0 aliphatic carbocycles. The Morgan fingerprint density at radius 2 is 2.12 bits per heavy atom. The molecule has 3 N–H and O–H groups in total. The first-order chi connectivity index (χ1) is 11.5. The molecule has 0 radical (unpaired) electrons. The van der Waals surface area contributed by atoms with Gasteiger partial charge in [0.05, 0.1) is 26.5 Å². The molecule has 1 saturated heterocycles. The lowest BCUT2D eigenvalue weighted by Crippen LogP contribution is -2.35. The van der Waals surface area contributed by atoms with Gasteiger partial charge in [-0.15, -0.1) is 24.0 Å². The van der Waals surface area contributed by atoms with Crippen molar-refractivity contribution in [1.82, 2.24) is 4.90 Å². The zero-order valence-corrected chi connectivity index (χ0v) is 17.9. The summed E-state index contributed by atoms with van der Waals surface area (Å²) in [4.78, 5) is 7.06. The Morgan fingerprint density at radius 3 is 2.76 bits per heavy atom. The molecule has 1 heterocycles. The summed E-state index contributed by atoms with van der Waals surface area (Å²) >= 11 is 0. The van der Waals surface area contributed by atoms with E-state index in [-0.39, 0.29) is 24.0 Å². The number of halogens is 1. The van der Waals surface area contributed by atoms with E-state index in [1.165, 1.54) is 12.8 Å². The fourth-order valence-electron chi connectivity index (χ4n) is 3.10. The van der Waals surface area contributed by atoms with E-state index in [0.29, 0.717) is 23.7 Å². The van der Waals surface area contributed by atoms with Gasteiger partial charge in [0.25, 0.3) is 0 Å². The number of rotatable bonds is 7. The lowest BCUT2D eigenvalue weighted by atomic mass is 10.2. The van der Waals surface area contributed by atoms with Crippen LogP contribution in [0.15, 0.2) is 23.2 Å². The molecule has 1 atom stereocenters. The molecular weight excluding hydrogens is 431 g/mol. The molecule has 6 nitrogen and oxygen atoms in total. The predicted octanol–water partition coefficient (Wildman–Crippen LogP) is 3.17. The normalized spacial score (nSPS) is 18.1. The summed E-state index contributed by atoms with van der Waals surface area (Å²) in [6, 6.07) is 6.03. The van der Waals surface area contributed by atoms with Crippen LogP contribution in [0.1, 0.15) is 26.7 Å². The largest absolute Gasteiger partial charge is 0.497 e. The van der Waals surface area contributed by atoms with Crippen LogP contribution in [0.3, 0.4) is 0 Å². The van der Waals surface area contributed by atoms with Gasteiger partial charge in [0, 0.05) is 18.7 Å². The predicted molar refractivity (Wildman–Crippen MR) is 115 cm³/mol. The van der Waals surface area contributed by atoms with E-state index in [4.69, 9.17) is 15.2 Å². The maximum Gasteiger partial charge on any atom is 0.193 e. The van der Waals surface area contributed by atoms with E-state index in [0.717, 1.165) is 31.1 Å². The second-order valence-electron chi connectivity index (χ2n) is 6.60. The first kappa shape index (κ1) is 21.8. The maximum atomic E-state index is 6.07. The second-order valence-corrected chi connectivity index (χ2v) is 6.60. The van der Waals surface area contributed by atoms with Crippen molar-refractivity contribution in [2.75, 3.05) is 39.2 Å². The van der Waals surface area contributed by atoms with Crippen molar-refractivity contribution < 1.29 is 9.47 Å². The minimum Gasteiger partial charge on any atom is -0.497 e. The molecule has 1 fully saturated rings. The average Bonchev–Trinajstić information content (AvgIpc) is 2.99. The lowest BCUT2D eigenvalue weighted by Gasteiger charge is -2.25. The van der Waals surface area contributed by atoms with E-state index >= 15 is 0 Å². The molecule has 1 aliphatic rings. The monoisotopic (exact) mass is 462 g/mol. The van der Waals surface area contributed by atoms with E-state index in [1.807, 2.05) is 18.2 Å². The average molecular weight is 462 g/mol. The van der Waals surface area contributed by atoms with Gasteiger partial charge in [-0.25, -0.2) is 0 Å². The number of anilines is 1. The van der Waals surface area contributed by atoms with Crippen molar-refractivity contribution in [3.8, 4) is 11.5 Å². The fourth-order valence-corrected chi connectivity index (χ4v) is 3.10. The number of ether oxygens (including phenoxy) is 2. The first-order valence-electron chi connectivity index (χ1n) is 8.56. The first-order valence-corrected chi connectivity index (χ1v) is 8.56. The molecular formula is C18H31IN4O2. The summed E-state index contributed by atoms with van der Waals surface area (Å²) in [6.45, 7) is 7.51. The molecule has 0 bridgehead atoms. The van der Waals surface area contributed by atoms with Crippen molar-refractivity contribution in [1.29, 1.82) is 0 Å². The Morgan fingerprint density at radius 1 is 1.36 bits per heavy atom. The zero-order valence-electron chi connectivity index (χ0n) is 15.6. The van der Waals surface area contributed by atoms with Gasteiger partial charge < -0.3 is 20.5 Å². The van der Waals surface area contributed by atoms with Gasteiger partial charge in [-0.05, 0) is 37.4 Å². The second kappa shape index (κ2) is 10.7. The van der Waals surface area contributed by atoms with E-state index in [9.17, 15) is 0 Å². The molecule has 142 valence electrons. The molecule has 0 spiro atoms. The van der Waals surface area contributed by atoms with Crippen LogP contribution in [0.4, 0.5) is 5.69 Å². The Balaban J connectivity index is 0.00000312. The smallest absolute Gasteiger partial charge is 0.193 e. The minimum absolute atomic E-state index is 0. The highest BCUT2D eigenvalue weighted by molar-refractivity contribution is 14.0. The van der Waals surface area contributed by atoms with Gasteiger partial charge in [-0.2, -0.15) is 0 Å². The number of benzene rings is 1. The number of hydrogen-bond donors (Lipinski definition) is 2. The third kappa shape index (κ3) is 6.54. The summed E-state index contributed by atoms with van der Waals surface area (Å²) in [6.07, 6.45) is 2.43. The molecule has 2 rings (SSSR count). The molecule has 0 aromatic heterocycles. The quantitative estimate of drug-likeness (QED) is 0.370. The van der Waals surface area contributed by atoms with Crippen LogP contribution >= 0.6 is 24.0 Å². The Kier molecular flexibility index (Phi) is 9.34. The van der Waals surface area contributed by atoms with Crippen LogP contribution in [0.5, 0.6) is 11.5 Å². The molecule has 1 aliphatic heterocycles. The van der Waals surface area contributed by atoms with Crippen molar-refractivity contribution in [2.24, 2.45) is 16.6 Å². The van der Waals surface area contributed by atoms with Crippen LogP contribution in [0.25, 0.3) is 0 Å². The van der Waals surface area contributed by atoms with E-state index in [1.54, 1.807) is 14.2 Å². The van der Waals surface area contributed by atoms with Crippen LogP contribution in [0.2, 0.25) is 0 Å². The third-order valence-electron chi connectivity index (χ3n) is 4.24. The Bertz CT molecular complexity index is 566. The number of methoxy groups -OCH3 is 2. The van der Waals surface area contributed by atoms with Gasteiger partial charge in [-0.3, -0.25) is 9.89 Å². The molecule has 0 amide bonds. The summed E-state index contributed by atoms with van der Waals surface area (Å²) in [7, 11) is 3.26. The number of nitrogens with two attached hydrogens (primary N) is 1. The van der Waals surface area contributed by atoms with Gasteiger partial charge in [0.15, 0.2) is 5.96 Å². The van der Waals surface area contributed by atoms with Crippen molar-refractivity contribution in [2.45, 2.75) is 32.7 Å². The number of guanidine groups is 1. The number of likely N-dealkylation sites (tertiary alicyclic amines) is 1. The standard InChI is InChI=1S/C18H30N4O2.HI/c1-13(2)12-22-9-5-6-14(22)11-20-18(19)21-16-10-15(23-3)7-8-17(16)24-4;/h7-8,10,13-14H,5-6,9,11-12H2,1-4H3,(H3,19,20,21);1H/t14-;/m0./s1. The SMILES string of the molecule is COc1ccc(OC)c(NC(N)=NC[C@@H]2CCCN2CC(C)C)c1.I. The van der Waals surface area contributed by atoms with Gasteiger partial charge in [0.2, 0.25) is 0 Å². The molecule has 0 saturated carbocycles. The Labute approximate surface area is 168 Å². The van der Waals surface area contributed by atoms with Crippen LogP contribution in [-0.2, 0) is 0 Å². The van der Waals surface area contributed by atoms with Gasteiger partial charge in [0.1, 0.15) is 11.5 Å². The van der Waals surface area contributed by atoms with Crippen molar-refractivity contribution >= 4 is 35.6 Å². The maximum absolute atomic E-state index is 6.07. The molecule has 25 heavy (non-hydrogen) atoms. The van der Waals surface area contributed by atoms with Crippen molar-refractivity contribution in [3.05, 3.63) is 18.2 Å². The minimum atomic E-state index is 0. The molecule has 7 heteroatoms. The molecule has 1 aromatic rings.